The van der Waals surface area contributed by atoms with Gasteiger partial charge in [0, 0.05) is 37.3 Å². The molecule has 164 valence electrons. The van der Waals surface area contributed by atoms with Crippen LogP contribution < -0.4 is 14.2 Å². The molecule has 31 heavy (non-hydrogen) atoms. The molecular weight excluding hydrogens is 396 g/mol. The predicted octanol–water partition coefficient (Wildman–Crippen LogP) is 3.09. The Kier molecular flexibility index (Phi) is 6.30. The summed E-state index contributed by atoms with van der Waals surface area (Å²) in [5.74, 6) is 2.50. The highest BCUT2D eigenvalue weighted by Crippen LogP contribution is 2.30. The zero-order chi connectivity index (χ0) is 21.8. The average Bonchev–Trinajstić information content (AvgIpc) is 3.66. The van der Waals surface area contributed by atoms with Crippen LogP contribution in [-0.2, 0) is 0 Å². The van der Waals surface area contributed by atoms with Crippen molar-refractivity contribution >= 4 is 11.8 Å². The number of hydrogen-bond donors (Lipinski definition) is 0. The molecule has 7 heteroatoms. The zero-order valence-corrected chi connectivity index (χ0v) is 18.0. The lowest BCUT2D eigenvalue weighted by molar-refractivity contribution is 0.0535. The second kappa shape index (κ2) is 9.29. The van der Waals surface area contributed by atoms with E-state index in [1.54, 1.807) is 42.2 Å². The highest BCUT2D eigenvalue weighted by Gasteiger charge is 2.26. The van der Waals surface area contributed by atoms with E-state index in [1.165, 1.54) is 12.8 Å². The van der Waals surface area contributed by atoms with Gasteiger partial charge < -0.3 is 24.0 Å². The monoisotopic (exact) mass is 424 g/mol. The third kappa shape index (κ3) is 4.93. The van der Waals surface area contributed by atoms with Gasteiger partial charge in [-0.3, -0.25) is 9.59 Å². The van der Waals surface area contributed by atoms with E-state index in [4.69, 9.17) is 14.2 Å². The maximum Gasteiger partial charge on any atom is 0.254 e. The van der Waals surface area contributed by atoms with E-state index < -0.39 is 0 Å². The first-order valence-electron chi connectivity index (χ1n) is 10.6. The maximum atomic E-state index is 12.9. The molecule has 2 aromatic rings. The number of rotatable bonds is 7. The van der Waals surface area contributed by atoms with Crippen molar-refractivity contribution in [3.8, 4) is 17.2 Å². The average molecular weight is 424 g/mol. The first-order chi connectivity index (χ1) is 15.1. The molecule has 2 aromatic carbocycles. The van der Waals surface area contributed by atoms with Crippen LogP contribution in [0.5, 0.6) is 17.2 Å². The summed E-state index contributed by atoms with van der Waals surface area (Å²) >= 11 is 0. The standard InChI is InChI=1S/C24H28N2O5/c1-29-21-10-7-19(15-22(21)30-2)24(28)26-13-11-25(12-14-26)23(27)18-5-8-20(9-6-18)31-16-17-3-4-17/h5-10,15,17H,3-4,11-14,16H2,1-2H3. The lowest BCUT2D eigenvalue weighted by Gasteiger charge is -2.35. The highest BCUT2D eigenvalue weighted by atomic mass is 16.5. The second-order valence-electron chi connectivity index (χ2n) is 7.93. The minimum Gasteiger partial charge on any atom is -0.493 e. The van der Waals surface area contributed by atoms with Crippen LogP contribution in [0.15, 0.2) is 42.5 Å². The molecule has 2 aliphatic rings. The summed E-state index contributed by atoms with van der Waals surface area (Å²) in [6.07, 6.45) is 2.49. The van der Waals surface area contributed by atoms with E-state index >= 15 is 0 Å². The van der Waals surface area contributed by atoms with Crippen LogP contribution in [0.2, 0.25) is 0 Å². The molecule has 0 atom stereocenters. The van der Waals surface area contributed by atoms with E-state index in [0.29, 0.717) is 54.7 Å². The Hall–Kier alpha value is -3.22. The number of piperazine rings is 1. The van der Waals surface area contributed by atoms with Gasteiger partial charge in [-0.25, -0.2) is 0 Å². The Morgan fingerprint density at radius 3 is 1.90 bits per heavy atom. The largest absolute Gasteiger partial charge is 0.493 e. The van der Waals surface area contributed by atoms with E-state index in [-0.39, 0.29) is 11.8 Å². The first kappa shape index (κ1) is 21.0. The molecule has 1 saturated heterocycles. The Morgan fingerprint density at radius 2 is 1.35 bits per heavy atom. The van der Waals surface area contributed by atoms with Gasteiger partial charge in [0.05, 0.1) is 20.8 Å². The third-order valence-electron chi connectivity index (χ3n) is 5.77. The summed E-state index contributed by atoms with van der Waals surface area (Å²) in [6, 6.07) is 12.5. The van der Waals surface area contributed by atoms with Gasteiger partial charge in [-0.05, 0) is 61.2 Å². The second-order valence-corrected chi connectivity index (χ2v) is 7.93. The number of nitrogens with zero attached hydrogens (tertiary/aromatic N) is 2. The Bertz CT molecular complexity index is 931. The number of hydrogen-bond acceptors (Lipinski definition) is 5. The van der Waals surface area contributed by atoms with Crippen molar-refractivity contribution in [2.24, 2.45) is 5.92 Å². The summed E-state index contributed by atoms with van der Waals surface area (Å²) in [5, 5.41) is 0. The molecule has 0 bridgehead atoms. The summed E-state index contributed by atoms with van der Waals surface area (Å²) < 4.78 is 16.3. The SMILES string of the molecule is COc1ccc(C(=O)N2CCN(C(=O)c3ccc(OCC4CC4)cc3)CC2)cc1OC. The molecule has 0 N–H and O–H groups in total. The molecule has 2 fully saturated rings. The van der Waals surface area contributed by atoms with E-state index in [0.717, 1.165) is 12.4 Å². The molecule has 0 radical (unpaired) electrons. The summed E-state index contributed by atoms with van der Waals surface area (Å²) in [6.45, 7) is 2.72. The van der Waals surface area contributed by atoms with Crippen LogP contribution in [0.4, 0.5) is 0 Å². The number of amides is 2. The molecule has 4 rings (SSSR count). The van der Waals surface area contributed by atoms with Crippen LogP contribution in [0.1, 0.15) is 33.6 Å². The fourth-order valence-corrected chi connectivity index (χ4v) is 3.64. The number of carbonyl (C=O) groups excluding carboxylic acids is 2. The van der Waals surface area contributed by atoms with Crippen molar-refractivity contribution in [2.45, 2.75) is 12.8 Å². The van der Waals surface area contributed by atoms with Gasteiger partial charge in [0.25, 0.3) is 11.8 Å². The van der Waals surface area contributed by atoms with E-state index in [2.05, 4.69) is 0 Å². The maximum absolute atomic E-state index is 12.9. The van der Waals surface area contributed by atoms with Crippen LogP contribution in [0, 0.1) is 5.92 Å². The summed E-state index contributed by atoms with van der Waals surface area (Å²) in [5.41, 5.74) is 1.18. The summed E-state index contributed by atoms with van der Waals surface area (Å²) in [4.78, 5) is 29.3. The van der Waals surface area contributed by atoms with Crippen LogP contribution in [0.25, 0.3) is 0 Å². The molecule has 1 heterocycles. The molecule has 1 aliphatic heterocycles. The van der Waals surface area contributed by atoms with Gasteiger partial charge in [-0.15, -0.1) is 0 Å². The fourth-order valence-electron chi connectivity index (χ4n) is 3.64. The Labute approximate surface area is 182 Å². The van der Waals surface area contributed by atoms with Gasteiger partial charge in [-0.1, -0.05) is 0 Å². The Morgan fingerprint density at radius 1 is 0.806 bits per heavy atom. The number of methoxy groups -OCH3 is 2. The Balaban J connectivity index is 1.32. The smallest absolute Gasteiger partial charge is 0.254 e. The van der Waals surface area contributed by atoms with Crippen LogP contribution in [-0.4, -0.2) is 68.6 Å². The van der Waals surface area contributed by atoms with Gasteiger partial charge in [0.1, 0.15) is 5.75 Å². The van der Waals surface area contributed by atoms with Crippen molar-refractivity contribution in [3.05, 3.63) is 53.6 Å². The molecule has 2 amide bonds. The lowest BCUT2D eigenvalue weighted by atomic mass is 10.1. The molecule has 0 aromatic heterocycles. The van der Waals surface area contributed by atoms with Gasteiger partial charge >= 0.3 is 0 Å². The minimum absolute atomic E-state index is 0.0213. The van der Waals surface area contributed by atoms with Gasteiger partial charge in [0.2, 0.25) is 0 Å². The molecule has 1 aliphatic carbocycles. The molecule has 7 nitrogen and oxygen atoms in total. The molecule has 1 saturated carbocycles. The lowest BCUT2D eigenvalue weighted by Crippen LogP contribution is -2.50. The van der Waals surface area contributed by atoms with Crippen LogP contribution in [0.3, 0.4) is 0 Å². The van der Waals surface area contributed by atoms with Crippen molar-refractivity contribution < 1.29 is 23.8 Å². The van der Waals surface area contributed by atoms with Crippen molar-refractivity contribution in [1.82, 2.24) is 9.80 Å². The normalized spacial score (nSPS) is 16.1. The topological polar surface area (TPSA) is 68.3 Å². The quantitative estimate of drug-likeness (QED) is 0.683. The molecule has 0 unspecified atom stereocenters. The minimum atomic E-state index is -0.0785. The van der Waals surface area contributed by atoms with Crippen LogP contribution >= 0.6 is 0 Å². The van der Waals surface area contributed by atoms with E-state index in [9.17, 15) is 9.59 Å². The zero-order valence-electron chi connectivity index (χ0n) is 18.0. The van der Waals surface area contributed by atoms with E-state index in [1.807, 2.05) is 24.3 Å². The highest BCUT2D eigenvalue weighted by molar-refractivity contribution is 5.96. The number of ether oxygens (including phenoxy) is 3. The molecule has 0 spiro atoms. The fraction of sp³-hybridized carbons (Fsp3) is 0.417. The summed E-state index contributed by atoms with van der Waals surface area (Å²) in [7, 11) is 3.10. The van der Waals surface area contributed by atoms with Crippen molar-refractivity contribution in [3.63, 3.8) is 0 Å². The predicted molar refractivity (Wildman–Crippen MR) is 116 cm³/mol. The molecular formula is C24H28N2O5. The van der Waals surface area contributed by atoms with Crippen molar-refractivity contribution in [2.75, 3.05) is 47.0 Å². The first-order valence-corrected chi connectivity index (χ1v) is 10.6. The van der Waals surface area contributed by atoms with Gasteiger partial charge in [-0.2, -0.15) is 0 Å². The third-order valence-corrected chi connectivity index (χ3v) is 5.77. The van der Waals surface area contributed by atoms with Gasteiger partial charge in [0.15, 0.2) is 11.5 Å². The number of carbonyl (C=O) groups is 2. The van der Waals surface area contributed by atoms with Crippen molar-refractivity contribution in [1.29, 1.82) is 0 Å². The number of benzene rings is 2.